The fourth-order valence-corrected chi connectivity index (χ4v) is 2.73. The zero-order valence-electron chi connectivity index (χ0n) is 12.1. The standard InChI is InChI=1S/C17H18O4/c1-3-13(11-4-6-12(18)7-5-11)14-8-16-17(21-10-20-16)9-15(14)19-2/h4-9,13,18H,3,10H2,1-2H3. The Balaban J connectivity index is 2.06. The van der Waals surface area contributed by atoms with Crippen LogP contribution in [0, 0.1) is 0 Å². The van der Waals surface area contributed by atoms with E-state index in [1.807, 2.05) is 24.3 Å². The Morgan fingerprint density at radius 3 is 2.43 bits per heavy atom. The van der Waals surface area contributed by atoms with Crippen molar-refractivity contribution in [1.29, 1.82) is 0 Å². The minimum atomic E-state index is 0.176. The van der Waals surface area contributed by atoms with E-state index < -0.39 is 0 Å². The molecule has 0 aliphatic carbocycles. The molecular weight excluding hydrogens is 268 g/mol. The smallest absolute Gasteiger partial charge is 0.231 e. The summed E-state index contributed by atoms with van der Waals surface area (Å²) in [5.74, 6) is 2.71. The number of ether oxygens (including phenoxy) is 3. The monoisotopic (exact) mass is 286 g/mol. The Hall–Kier alpha value is -2.36. The Morgan fingerprint density at radius 1 is 1.14 bits per heavy atom. The molecule has 0 fully saturated rings. The number of hydrogen-bond donors (Lipinski definition) is 1. The predicted octanol–water partition coefficient (Wildman–Crippen LogP) is 3.67. The van der Waals surface area contributed by atoms with Gasteiger partial charge < -0.3 is 19.3 Å². The molecule has 1 aliphatic heterocycles. The van der Waals surface area contributed by atoms with Gasteiger partial charge in [-0.1, -0.05) is 19.1 Å². The van der Waals surface area contributed by atoms with E-state index in [1.165, 1.54) is 0 Å². The Bertz CT molecular complexity index is 634. The molecule has 4 heteroatoms. The maximum atomic E-state index is 9.45. The highest BCUT2D eigenvalue weighted by Crippen LogP contribution is 2.43. The molecule has 1 atom stereocenters. The van der Waals surface area contributed by atoms with Crippen LogP contribution in [0.2, 0.25) is 0 Å². The van der Waals surface area contributed by atoms with Crippen molar-refractivity contribution in [3.8, 4) is 23.0 Å². The number of rotatable bonds is 4. The van der Waals surface area contributed by atoms with Gasteiger partial charge in [0.05, 0.1) is 7.11 Å². The molecule has 1 N–H and O–H groups in total. The normalized spacial score (nSPS) is 14.0. The summed E-state index contributed by atoms with van der Waals surface area (Å²) in [6.45, 7) is 2.37. The van der Waals surface area contributed by atoms with Crippen LogP contribution in [0.25, 0.3) is 0 Å². The average molecular weight is 286 g/mol. The molecule has 1 unspecified atom stereocenters. The van der Waals surface area contributed by atoms with Gasteiger partial charge in [0.2, 0.25) is 6.79 Å². The molecule has 0 amide bonds. The van der Waals surface area contributed by atoms with E-state index in [9.17, 15) is 5.11 Å². The van der Waals surface area contributed by atoms with Gasteiger partial charge in [-0.15, -0.1) is 0 Å². The second kappa shape index (κ2) is 5.56. The third-order valence-corrected chi connectivity index (χ3v) is 3.80. The summed E-state index contributed by atoms with van der Waals surface area (Å²) >= 11 is 0. The third kappa shape index (κ3) is 2.49. The second-order valence-electron chi connectivity index (χ2n) is 5.00. The number of hydrogen-bond acceptors (Lipinski definition) is 4. The lowest BCUT2D eigenvalue weighted by molar-refractivity contribution is 0.174. The Kier molecular flexibility index (Phi) is 3.60. The van der Waals surface area contributed by atoms with Crippen LogP contribution < -0.4 is 14.2 Å². The van der Waals surface area contributed by atoms with Crippen molar-refractivity contribution in [3.05, 3.63) is 47.5 Å². The lowest BCUT2D eigenvalue weighted by Crippen LogP contribution is -2.02. The first-order valence-corrected chi connectivity index (χ1v) is 6.99. The Labute approximate surface area is 123 Å². The van der Waals surface area contributed by atoms with Gasteiger partial charge in [-0.3, -0.25) is 0 Å². The van der Waals surface area contributed by atoms with E-state index in [2.05, 4.69) is 6.92 Å². The van der Waals surface area contributed by atoms with Crippen molar-refractivity contribution in [2.75, 3.05) is 13.9 Å². The number of aromatic hydroxyl groups is 1. The molecule has 4 nitrogen and oxygen atoms in total. The van der Waals surface area contributed by atoms with Crippen molar-refractivity contribution < 1.29 is 19.3 Å². The van der Waals surface area contributed by atoms with Crippen LogP contribution in [-0.2, 0) is 0 Å². The summed E-state index contributed by atoms with van der Waals surface area (Å²) in [6.07, 6.45) is 0.917. The molecule has 1 aliphatic rings. The first kappa shape index (κ1) is 13.6. The zero-order valence-corrected chi connectivity index (χ0v) is 12.1. The quantitative estimate of drug-likeness (QED) is 0.931. The topological polar surface area (TPSA) is 47.9 Å². The highest BCUT2D eigenvalue weighted by molar-refractivity contribution is 5.55. The van der Waals surface area contributed by atoms with Crippen LogP contribution in [0.5, 0.6) is 23.0 Å². The molecule has 3 rings (SSSR count). The van der Waals surface area contributed by atoms with Crippen molar-refractivity contribution >= 4 is 0 Å². The maximum Gasteiger partial charge on any atom is 0.231 e. The van der Waals surface area contributed by atoms with Crippen LogP contribution in [0.1, 0.15) is 30.4 Å². The lowest BCUT2D eigenvalue weighted by atomic mass is 9.88. The van der Waals surface area contributed by atoms with Gasteiger partial charge in [-0.2, -0.15) is 0 Å². The number of phenolic OH excluding ortho intramolecular Hbond substituents is 1. The first-order chi connectivity index (χ1) is 10.2. The highest BCUT2D eigenvalue weighted by atomic mass is 16.7. The minimum Gasteiger partial charge on any atom is -0.508 e. The summed E-state index contributed by atoms with van der Waals surface area (Å²) in [5.41, 5.74) is 2.20. The van der Waals surface area contributed by atoms with E-state index in [1.54, 1.807) is 19.2 Å². The molecule has 2 aromatic carbocycles. The summed E-state index contributed by atoms with van der Waals surface area (Å²) in [5, 5.41) is 9.45. The molecule has 0 saturated carbocycles. The second-order valence-corrected chi connectivity index (χ2v) is 5.00. The summed E-state index contributed by atoms with van der Waals surface area (Å²) in [7, 11) is 1.66. The number of phenols is 1. The number of fused-ring (bicyclic) bond motifs is 1. The molecule has 0 saturated heterocycles. The largest absolute Gasteiger partial charge is 0.508 e. The van der Waals surface area contributed by atoms with Gasteiger partial charge in [0.25, 0.3) is 0 Å². The van der Waals surface area contributed by atoms with Crippen LogP contribution in [-0.4, -0.2) is 19.0 Å². The predicted molar refractivity (Wildman–Crippen MR) is 79.4 cm³/mol. The maximum absolute atomic E-state index is 9.45. The molecule has 2 aromatic rings. The molecule has 0 radical (unpaired) electrons. The van der Waals surface area contributed by atoms with Crippen molar-refractivity contribution in [3.63, 3.8) is 0 Å². The first-order valence-electron chi connectivity index (χ1n) is 6.99. The molecule has 0 aromatic heterocycles. The average Bonchev–Trinajstić information content (AvgIpc) is 2.96. The van der Waals surface area contributed by atoms with Crippen LogP contribution in [0.15, 0.2) is 36.4 Å². The van der Waals surface area contributed by atoms with Gasteiger partial charge in [0.15, 0.2) is 11.5 Å². The van der Waals surface area contributed by atoms with E-state index in [0.717, 1.165) is 34.8 Å². The summed E-state index contributed by atoms with van der Waals surface area (Å²) in [6, 6.07) is 11.2. The minimum absolute atomic E-state index is 0.176. The van der Waals surface area contributed by atoms with Gasteiger partial charge in [-0.05, 0) is 30.2 Å². The lowest BCUT2D eigenvalue weighted by Gasteiger charge is -2.19. The van der Waals surface area contributed by atoms with Crippen molar-refractivity contribution in [2.45, 2.75) is 19.3 Å². The van der Waals surface area contributed by atoms with Crippen LogP contribution in [0.3, 0.4) is 0 Å². The zero-order chi connectivity index (χ0) is 14.8. The summed E-state index contributed by atoms with van der Waals surface area (Å²) in [4.78, 5) is 0. The van der Waals surface area contributed by atoms with Crippen molar-refractivity contribution in [2.24, 2.45) is 0 Å². The fourth-order valence-electron chi connectivity index (χ4n) is 2.73. The fraction of sp³-hybridized carbons (Fsp3) is 0.294. The molecule has 21 heavy (non-hydrogen) atoms. The van der Waals surface area contributed by atoms with Crippen molar-refractivity contribution in [1.82, 2.24) is 0 Å². The van der Waals surface area contributed by atoms with Gasteiger partial charge >= 0.3 is 0 Å². The third-order valence-electron chi connectivity index (χ3n) is 3.80. The molecule has 0 spiro atoms. The number of benzene rings is 2. The molecule has 1 heterocycles. The molecule has 0 bridgehead atoms. The SMILES string of the molecule is CCC(c1ccc(O)cc1)c1cc2c(cc1OC)OCO2. The van der Waals surface area contributed by atoms with E-state index in [-0.39, 0.29) is 18.5 Å². The van der Waals surface area contributed by atoms with Gasteiger partial charge in [-0.25, -0.2) is 0 Å². The van der Waals surface area contributed by atoms with E-state index in [0.29, 0.717) is 0 Å². The van der Waals surface area contributed by atoms with Crippen LogP contribution in [0.4, 0.5) is 0 Å². The number of methoxy groups -OCH3 is 1. The van der Waals surface area contributed by atoms with Gasteiger partial charge in [0, 0.05) is 17.5 Å². The van der Waals surface area contributed by atoms with Crippen LogP contribution >= 0.6 is 0 Å². The van der Waals surface area contributed by atoms with E-state index >= 15 is 0 Å². The Morgan fingerprint density at radius 2 is 1.81 bits per heavy atom. The van der Waals surface area contributed by atoms with Gasteiger partial charge in [0.1, 0.15) is 11.5 Å². The summed E-state index contributed by atoms with van der Waals surface area (Å²) < 4.78 is 16.4. The highest BCUT2D eigenvalue weighted by Gasteiger charge is 2.23. The van der Waals surface area contributed by atoms with E-state index in [4.69, 9.17) is 14.2 Å². The molecule has 110 valence electrons. The molecular formula is C17H18O4.